The Labute approximate surface area is 121 Å². The van der Waals surface area contributed by atoms with E-state index >= 15 is 0 Å². The van der Waals surface area contributed by atoms with E-state index in [1.807, 2.05) is 13.8 Å². The van der Waals surface area contributed by atoms with Crippen LogP contribution in [-0.2, 0) is 4.79 Å². The summed E-state index contributed by atoms with van der Waals surface area (Å²) in [4.78, 5) is 22.9. The van der Waals surface area contributed by atoms with Gasteiger partial charge in [0.05, 0.1) is 6.42 Å². The van der Waals surface area contributed by atoms with Gasteiger partial charge in [-0.25, -0.2) is 4.79 Å². The Kier molecular flexibility index (Phi) is 5.05. The van der Waals surface area contributed by atoms with Gasteiger partial charge in [0.2, 0.25) is 0 Å². The molecule has 0 bridgehead atoms. The van der Waals surface area contributed by atoms with E-state index in [0.717, 1.165) is 19.3 Å². The maximum Gasteiger partial charge on any atom is 0.315 e. The number of carboxylic acids is 1. The number of hydrogen-bond acceptors (Lipinski definition) is 2. The quantitative estimate of drug-likeness (QED) is 0.701. The molecule has 0 saturated heterocycles. The number of nitrogens with one attached hydrogen (secondary N) is 2. The van der Waals surface area contributed by atoms with Gasteiger partial charge >= 0.3 is 12.0 Å². The topological polar surface area (TPSA) is 78.4 Å². The van der Waals surface area contributed by atoms with Crippen LogP contribution in [0.1, 0.15) is 60.3 Å². The van der Waals surface area contributed by atoms with E-state index < -0.39 is 5.97 Å². The van der Waals surface area contributed by atoms with E-state index in [1.165, 1.54) is 0 Å². The van der Waals surface area contributed by atoms with E-state index in [-0.39, 0.29) is 29.4 Å². The Morgan fingerprint density at radius 3 is 2.15 bits per heavy atom. The second-order valence-corrected chi connectivity index (χ2v) is 7.76. The van der Waals surface area contributed by atoms with Gasteiger partial charge in [0.1, 0.15) is 0 Å². The molecule has 2 amide bonds. The first-order chi connectivity index (χ1) is 8.98. The number of carbonyl (C=O) groups excluding carboxylic acids is 1. The minimum Gasteiger partial charge on any atom is -0.481 e. The van der Waals surface area contributed by atoms with Crippen molar-refractivity contribution in [1.29, 1.82) is 0 Å². The van der Waals surface area contributed by atoms with E-state index in [1.54, 1.807) is 0 Å². The summed E-state index contributed by atoms with van der Waals surface area (Å²) in [5, 5.41) is 14.7. The van der Waals surface area contributed by atoms with E-state index in [4.69, 9.17) is 5.11 Å². The van der Waals surface area contributed by atoms with Gasteiger partial charge in [-0.15, -0.1) is 0 Å². The SMILES string of the molecule is CC(C)(C)CC(C)(C)NC(=O)NC(CC(=O)O)C1CC1. The second kappa shape index (κ2) is 6.02. The van der Waals surface area contributed by atoms with Crippen LogP contribution < -0.4 is 10.6 Å². The van der Waals surface area contributed by atoms with Crippen molar-refractivity contribution >= 4 is 12.0 Å². The lowest BCUT2D eigenvalue weighted by Crippen LogP contribution is -2.53. The molecule has 1 atom stereocenters. The fourth-order valence-electron chi connectivity index (χ4n) is 2.90. The first-order valence-corrected chi connectivity index (χ1v) is 7.29. The predicted molar refractivity (Wildman–Crippen MR) is 78.6 cm³/mol. The summed E-state index contributed by atoms with van der Waals surface area (Å²) in [5.74, 6) is -0.543. The summed E-state index contributed by atoms with van der Waals surface area (Å²) < 4.78 is 0. The van der Waals surface area contributed by atoms with Gasteiger partial charge in [0.15, 0.2) is 0 Å². The Morgan fingerprint density at radius 1 is 1.20 bits per heavy atom. The number of carboxylic acid groups (broad SMARTS) is 1. The first kappa shape index (κ1) is 16.8. The Morgan fingerprint density at radius 2 is 1.75 bits per heavy atom. The molecule has 5 nitrogen and oxygen atoms in total. The summed E-state index contributed by atoms with van der Waals surface area (Å²) in [6.45, 7) is 10.4. The van der Waals surface area contributed by atoms with Gasteiger partial charge < -0.3 is 15.7 Å². The van der Waals surface area contributed by atoms with Gasteiger partial charge in [-0.05, 0) is 44.4 Å². The largest absolute Gasteiger partial charge is 0.481 e. The van der Waals surface area contributed by atoms with Crippen LogP contribution in [0.25, 0.3) is 0 Å². The van der Waals surface area contributed by atoms with E-state index in [9.17, 15) is 9.59 Å². The third-order valence-corrected chi connectivity index (χ3v) is 3.33. The number of rotatable bonds is 6. The highest BCUT2D eigenvalue weighted by molar-refractivity contribution is 5.76. The fraction of sp³-hybridized carbons (Fsp3) is 0.867. The fourth-order valence-corrected chi connectivity index (χ4v) is 2.90. The Bertz CT molecular complexity index is 368. The highest BCUT2D eigenvalue weighted by atomic mass is 16.4. The molecule has 5 heteroatoms. The van der Waals surface area contributed by atoms with Gasteiger partial charge in [-0.3, -0.25) is 4.79 Å². The lowest BCUT2D eigenvalue weighted by Gasteiger charge is -2.33. The molecule has 0 heterocycles. The molecule has 0 radical (unpaired) electrons. The lowest BCUT2D eigenvalue weighted by atomic mass is 9.82. The molecule has 0 aromatic rings. The molecule has 0 aromatic heterocycles. The highest BCUT2D eigenvalue weighted by Gasteiger charge is 2.35. The molecule has 1 aliphatic rings. The third kappa shape index (κ3) is 6.78. The van der Waals surface area contributed by atoms with Gasteiger partial charge in [0.25, 0.3) is 0 Å². The van der Waals surface area contributed by atoms with Crippen LogP contribution in [0, 0.1) is 11.3 Å². The lowest BCUT2D eigenvalue weighted by molar-refractivity contribution is -0.137. The molecule has 0 aliphatic heterocycles. The van der Waals surface area contributed by atoms with Crippen LogP contribution >= 0.6 is 0 Å². The standard InChI is InChI=1S/C15H28N2O3/c1-14(2,3)9-15(4,5)17-13(20)16-11(8-12(18)19)10-6-7-10/h10-11H,6-9H2,1-5H3,(H,18,19)(H2,16,17,20). The Hall–Kier alpha value is -1.26. The minimum absolute atomic E-state index is 0.00220. The molecule has 0 spiro atoms. The molecule has 1 rings (SSSR count). The zero-order chi connectivity index (χ0) is 15.6. The van der Waals surface area contributed by atoms with Gasteiger partial charge in [0, 0.05) is 11.6 Å². The number of amides is 2. The van der Waals surface area contributed by atoms with Crippen molar-refractivity contribution in [3.8, 4) is 0 Å². The Balaban J connectivity index is 2.50. The van der Waals surface area contributed by atoms with Crippen molar-refractivity contribution in [2.45, 2.75) is 71.9 Å². The zero-order valence-corrected chi connectivity index (χ0v) is 13.2. The average Bonchev–Trinajstić information content (AvgIpc) is 2.91. The smallest absolute Gasteiger partial charge is 0.315 e. The number of carbonyl (C=O) groups is 2. The molecule has 116 valence electrons. The molecule has 1 fully saturated rings. The van der Waals surface area contributed by atoms with Crippen LogP contribution in [0.4, 0.5) is 4.79 Å². The monoisotopic (exact) mass is 284 g/mol. The van der Waals surface area contributed by atoms with E-state index in [0.29, 0.717) is 5.92 Å². The molecule has 0 aromatic carbocycles. The third-order valence-electron chi connectivity index (χ3n) is 3.33. The average molecular weight is 284 g/mol. The van der Waals surface area contributed by atoms with Crippen molar-refractivity contribution in [2.75, 3.05) is 0 Å². The minimum atomic E-state index is -0.865. The number of aliphatic carboxylic acids is 1. The number of urea groups is 1. The van der Waals surface area contributed by atoms with Crippen molar-refractivity contribution < 1.29 is 14.7 Å². The second-order valence-electron chi connectivity index (χ2n) is 7.76. The zero-order valence-electron chi connectivity index (χ0n) is 13.2. The molecular formula is C15H28N2O3. The first-order valence-electron chi connectivity index (χ1n) is 7.29. The molecule has 1 unspecified atom stereocenters. The molecule has 3 N–H and O–H groups in total. The van der Waals surface area contributed by atoms with Crippen molar-refractivity contribution in [1.82, 2.24) is 10.6 Å². The highest BCUT2D eigenvalue weighted by Crippen LogP contribution is 2.34. The van der Waals surface area contributed by atoms with E-state index in [2.05, 4.69) is 31.4 Å². The summed E-state index contributed by atoms with van der Waals surface area (Å²) in [6.07, 6.45) is 2.85. The number of hydrogen-bond donors (Lipinski definition) is 3. The van der Waals surface area contributed by atoms with Crippen LogP contribution in [0.5, 0.6) is 0 Å². The van der Waals surface area contributed by atoms with Crippen molar-refractivity contribution in [3.05, 3.63) is 0 Å². The van der Waals surface area contributed by atoms with Crippen LogP contribution in [0.2, 0.25) is 0 Å². The summed E-state index contributed by atoms with van der Waals surface area (Å²) in [7, 11) is 0. The van der Waals surface area contributed by atoms with Crippen LogP contribution in [-0.4, -0.2) is 28.7 Å². The van der Waals surface area contributed by atoms with Crippen LogP contribution in [0.3, 0.4) is 0 Å². The van der Waals surface area contributed by atoms with Gasteiger partial charge in [-0.2, -0.15) is 0 Å². The molecular weight excluding hydrogens is 256 g/mol. The predicted octanol–water partition coefficient (Wildman–Crippen LogP) is 2.75. The molecule has 1 saturated carbocycles. The van der Waals surface area contributed by atoms with Crippen LogP contribution in [0.15, 0.2) is 0 Å². The van der Waals surface area contributed by atoms with Crippen molar-refractivity contribution in [3.63, 3.8) is 0 Å². The summed E-state index contributed by atoms with van der Waals surface area (Å²) in [5.41, 5.74) is -0.201. The van der Waals surface area contributed by atoms with Crippen molar-refractivity contribution in [2.24, 2.45) is 11.3 Å². The summed E-state index contributed by atoms with van der Waals surface area (Å²) >= 11 is 0. The maximum absolute atomic E-state index is 12.1. The molecule has 1 aliphatic carbocycles. The maximum atomic E-state index is 12.1. The summed E-state index contributed by atoms with van der Waals surface area (Å²) in [6, 6.07) is -0.518. The molecule has 20 heavy (non-hydrogen) atoms. The van der Waals surface area contributed by atoms with Gasteiger partial charge in [-0.1, -0.05) is 20.8 Å². The normalized spacial score (nSPS) is 17.4.